The maximum absolute atomic E-state index is 11.9. The molecule has 1 atom stereocenters. The Morgan fingerprint density at radius 1 is 1.53 bits per heavy atom. The Balaban J connectivity index is 2.12. The molecule has 1 fully saturated rings. The fourth-order valence-corrected chi connectivity index (χ4v) is 2.91. The summed E-state index contributed by atoms with van der Waals surface area (Å²) >= 11 is 7.31. The summed E-state index contributed by atoms with van der Waals surface area (Å²) in [6, 6.07) is 3.65. The van der Waals surface area contributed by atoms with E-state index in [-0.39, 0.29) is 24.4 Å². The molecular weight excluding hydrogens is 260 g/mol. The minimum absolute atomic E-state index is 0.0483. The van der Waals surface area contributed by atoms with E-state index in [2.05, 4.69) is 5.32 Å². The summed E-state index contributed by atoms with van der Waals surface area (Å²) in [6.07, 6.45) is 0.352. The molecule has 1 unspecified atom stereocenters. The standard InChI is InChI=1S/C11H13ClN2O2S/c1-7-4-10(15)13-5-11(16)14(7)6-8-2-3-9(12)17-8/h2-3,7H,4-6H2,1H3,(H,13,15). The van der Waals surface area contributed by atoms with Crippen molar-refractivity contribution in [2.75, 3.05) is 6.54 Å². The third-order valence-corrected chi connectivity index (χ3v) is 3.94. The lowest BCUT2D eigenvalue weighted by atomic mass is 10.2. The Hall–Kier alpha value is -1.07. The highest BCUT2D eigenvalue weighted by Crippen LogP contribution is 2.24. The number of nitrogens with zero attached hydrogens (tertiary/aromatic N) is 1. The lowest BCUT2D eigenvalue weighted by molar-refractivity contribution is -0.132. The number of thiophene rings is 1. The highest BCUT2D eigenvalue weighted by Gasteiger charge is 2.26. The van der Waals surface area contributed by atoms with E-state index in [0.29, 0.717) is 17.3 Å². The molecule has 0 aliphatic carbocycles. The molecule has 1 saturated heterocycles. The van der Waals surface area contributed by atoms with E-state index in [4.69, 9.17) is 11.6 Å². The first-order valence-corrected chi connectivity index (χ1v) is 6.56. The van der Waals surface area contributed by atoms with Gasteiger partial charge >= 0.3 is 0 Å². The zero-order chi connectivity index (χ0) is 12.4. The van der Waals surface area contributed by atoms with Crippen LogP contribution in [-0.4, -0.2) is 29.3 Å². The second-order valence-corrected chi connectivity index (χ2v) is 5.86. The van der Waals surface area contributed by atoms with E-state index in [1.165, 1.54) is 11.3 Å². The van der Waals surface area contributed by atoms with E-state index in [0.717, 1.165) is 4.88 Å². The average Bonchev–Trinajstić information content (AvgIpc) is 2.63. The molecule has 0 spiro atoms. The topological polar surface area (TPSA) is 49.4 Å². The predicted molar refractivity (Wildman–Crippen MR) is 67.0 cm³/mol. The molecule has 2 amide bonds. The van der Waals surface area contributed by atoms with Gasteiger partial charge in [0.15, 0.2) is 0 Å². The summed E-state index contributed by atoms with van der Waals surface area (Å²) in [5, 5.41) is 2.59. The third-order valence-electron chi connectivity index (χ3n) is 2.73. The summed E-state index contributed by atoms with van der Waals surface area (Å²) in [6.45, 7) is 2.49. The van der Waals surface area contributed by atoms with Gasteiger partial charge in [0.2, 0.25) is 11.8 Å². The number of halogens is 1. The van der Waals surface area contributed by atoms with Crippen molar-refractivity contribution in [3.8, 4) is 0 Å². The van der Waals surface area contributed by atoms with Crippen molar-refractivity contribution in [3.63, 3.8) is 0 Å². The highest BCUT2D eigenvalue weighted by molar-refractivity contribution is 7.16. The third kappa shape index (κ3) is 2.98. The van der Waals surface area contributed by atoms with Gasteiger partial charge in [-0.1, -0.05) is 11.6 Å². The number of carbonyl (C=O) groups is 2. The largest absolute Gasteiger partial charge is 0.347 e. The molecule has 2 heterocycles. The first-order valence-electron chi connectivity index (χ1n) is 5.36. The van der Waals surface area contributed by atoms with Gasteiger partial charge in [-0.25, -0.2) is 0 Å². The Labute approximate surface area is 109 Å². The maximum Gasteiger partial charge on any atom is 0.242 e. The lowest BCUT2D eigenvalue weighted by Gasteiger charge is -2.25. The van der Waals surface area contributed by atoms with Crippen LogP contribution in [0.3, 0.4) is 0 Å². The highest BCUT2D eigenvalue weighted by atomic mass is 35.5. The van der Waals surface area contributed by atoms with Crippen LogP contribution in [0.2, 0.25) is 4.34 Å². The van der Waals surface area contributed by atoms with Gasteiger partial charge in [-0.2, -0.15) is 0 Å². The number of amides is 2. The molecule has 1 N–H and O–H groups in total. The number of hydrogen-bond acceptors (Lipinski definition) is 3. The summed E-state index contributed by atoms with van der Waals surface area (Å²) < 4.78 is 0.712. The monoisotopic (exact) mass is 272 g/mol. The van der Waals surface area contributed by atoms with Gasteiger partial charge in [-0.05, 0) is 19.1 Å². The summed E-state index contributed by atoms with van der Waals surface area (Å²) in [4.78, 5) is 26.0. The Morgan fingerprint density at radius 3 is 2.94 bits per heavy atom. The molecule has 4 nitrogen and oxygen atoms in total. The van der Waals surface area contributed by atoms with Gasteiger partial charge in [-0.3, -0.25) is 9.59 Å². The molecule has 0 saturated carbocycles. The number of rotatable bonds is 2. The fourth-order valence-electron chi connectivity index (χ4n) is 1.82. The van der Waals surface area contributed by atoms with Crippen molar-refractivity contribution in [2.24, 2.45) is 0 Å². The fraction of sp³-hybridized carbons (Fsp3) is 0.455. The molecule has 0 radical (unpaired) electrons. The average molecular weight is 273 g/mol. The van der Waals surface area contributed by atoms with Crippen LogP contribution in [-0.2, 0) is 16.1 Å². The SMILES string of the molecule is CC1CC(=O)NCC(=O)N1Cc1ccc(Cl)s1. The van der Waals surface area contributed by atoms with Gasteiger partial charge in [0.25, 0.3) is 0 Å². The first-order chi connectivity index (χ1) is 8.06. The van der Waals surface area contributed by atoms with Crippen molar-refractivity contribution >= 4 is 34.8 Å². The van der Waals surface area contributed by atoms with Crippen LogP contribution in [0.5, 0.6) is 0 Å². The minimum Gasteiger partial charge on any atom is -0.347 e. The Bertz CT molecular complexity index is 446. The predicted octanol–water partition coefficient (Wildman–Crippen LogP) is 1.64. The molecular formula is C11H13ClN2O2S. The van der Waals surface area contributed by atoms with E-state index in [1.807, 2.05) is 19.1 Å². The van der Waals surface area contributed by atoms with Crippen LogP contribution in [0.15, 0.2) is 12.1 Å². The van der Waals surface area contributed by atoms with E-state index in [9.17, 15) is 9.59 Å². The molecule has 2 rings (SSSR count). The van der Waals surface area contributed by atoms with E-state index >= 15 is 0 Å². The second-order valence-electron chi connectivity index (χ2n) is 4.06. The molecule has 6 heteroatoms. The molecule has 1 aliphatic heterocycles. The van der Waals surface area contributed by atoms with Crippen molar-refractivity contribution in [1.29, 1.82) is 0 Å². The van der Waals surface area contributed by atoms with Gasteiger partial charge in [0, 0.05) is 17.3 Å². The number of nitrogens with one attached hydrogen (secondary N) is 1. The normalized spacial score (nSPS) is 21.3. The van der Waals surface area contributed by atoms with Crippen LogP contribution in [0, 0.1) is 0 Å². The molecule has 1 aliphatic rings. The van der Waals surface area contributed by atoms with Crippen LogP contribution < -0.4 is 5.32 Å². The molecule has 0 aromatic carbocycles. The zero-order valence-corrected chi connectivity index (χ0v) is 11.0. The Morgan fingerprint density at radius 2 is 2.29 bits per heavy atom. The summed E-state index contributed by atoms with van der Waals surface area (Å²) in [5.74, 6) is -0.120. The van der Waals surface area contributed by atoms with Crippen molar-refractivity contribution in [2.45, 2.75) is 25.9 Å². The van der Waals surface area contributed by atoms with Crippen molar-refractivity contribution in [3.05, 3.63) is 21.3 Å². The van der Waals surface area contributed by atoms with Gasteiger partial charge in [0.05, 0.1) is 17.4 Å². The molecule has 0 bridgehead atoms. The van der Waals surface area contributed by atoms with Crippen LogP contribution in [0.1, 0.15) is 18.2 Å². The molecule has 1 aromatic rings. The summed E-state index contributed by atoms with van der Waals surface area (Å²) in [5.41, 5.74) is 0. The lowest BCUT2D eigenvalue weighted by Crippen LogP contribution is -2.38. The van der Waals surface area contributed by atoms with Crippen molar-refractivity contribution in [1.82, 2.24) is 10.2 Å². The van der Waals surface area contributed by atoms with Crippen LogP contribution in [0.25, 0.3) is 0 Å². The second kappa shape index (κ2) is 5.06. The Kier molecular flexibility index (Phi) is 3.69. The van der Waals surface area contributed by atoms with E-state index in [1.54, 1.807) is 4.90 Å². The quantitative estimate of drug-likeness (QED) is 0.890. The van der Waals surface area contributed by atoms with Gasteiger partial charge in [-0.15, -0.1) is 11.3 Å². The zero-order valence-electron chi connectivity index (χ0n) is 9.40. The van der Waals surface area contributed by atoms with Crippen LogP contribution in [0.4, 0.5) is 0 Å². The molecule has 17 heavy (non-hydrogen) atoms. The first kappa shape index (κ1) is 12.4. The van der Waals surface area contributed by atoms with Crippen molar-refractivity contribution < 1.29 is 9.59 Å². The van der Waals surface area contributed by atoms with Crippen LogP contribution >= 0.6 is 22.9 Å². The van der Waals surface area contributed by atoms with E-state index < -0.39 is 0 Å². The smallest absolute Gasteiger partial charge is 0.242 e. The number of hydrogen-bond donors (Lipinski definition) is 1. The molecule has 92 valence electrons. The van der Waals surface area contributed by atoms with Gasteiger partial charge in [0.1, 0.15) is 0 Å². The number of carbonyl (C=O) groups excluding carboxylic acids is 2. The maximum atomic E-state index is 11.9. The van der Waals surface area contributed by atoms with Gasteiger partial charge < -0.3 is 10.2 Å². The summed E-state index contributed by atoms with van der Waals surface area (Å²) in [7, 11) is 0. The molecule has 1 aromatic heterocycles. The minimum atomic E-state index is -0.0779.